The summed E-state index contributed by atoms with van der Waals surface area (Å²) in [6, 6.07) is 2.79. The minimum atomic E-state index is -0.501. The van der Waals surface area contributed by atoms with E-state index in [0.717, 1.165) is 6.20 Å². The van der Waals surface area contributed by atoms with Crippen molar-refractivity contribution in [3.8, 4) is 0 Å². The monoisotopic (exact) mass is 164 g/mol. The molecular weight excluding hydrogens is 159 g/mol. The Balaban J connectivity index is 2.98. The molecule has 3 nitrogen and oxygen atoms in total. The summed E-state index contributed by atoms with van der Waals surface area (Å²) in [6.45, 7) is 0. The first-order valence-electron chi connectivity index (χ1n) is 3.40. The summed E-state index contributed by atoms with van der Waals surface area (Å²) in [4.78, 5) is 17.3. The highest BCUT2D eigenvalue weighted by molar-refractivity contribution is 5.76. The van der Waals surface area contributed by atoms with Crippen molar-refractivity contribution in [3.63, 3.8) is 0 Å². The molecule has 2 heterocycles. The zero-order valence-electron chi connectivity index (χ0n) is 6.04. The molecule has 0 saturated carbocycles. The van der Waals surface area contributed by atoms with E-state index >= 15 is 0 Å². The summed E-state index contributed by atoms with van der Waals surface area (Å²) in [7, 11) is 0. The molecular formula is C8H5FN2O. The standard InChI is InChI=1S/C8H5FN2O/c9-5-3-6-7(11-4-5)1-2-10-8(6)12/h1-4H,(H,10,12). The third kappa shape index (κ3) is 0.972. The Bertz CT molecular complexity index is 478. The molecule has 0 spiro atoms. The minimum Gasteiger partial charge on any atom is -0.328 e. The lowest BCUT2D eigenvalue weighted by Gasteiger charge is -1.93. The van der Waals surface area contributed by atoms with E-state index in [1.54, 1.807) is 6.07 Å². The van der Waals surface area contributed by atoms with Crippen LogP contribution in [0.5, 0.6) is 0 Å². The van der Waals surface area contributed by atoms with Crippen LogP contribution in [0.4, 0.5) is 4.39 Å². The molecule has 0 radical (unpaired) electrons. The summed E-state index contributed by atoms with van der Waals surface area (Å²) >= 11 is 0. The maximum Gasteiger partial charge on any atom is 0.257 e. The lowest BCUT2D eigenvalue weighted by atomic mass is 10.3. The highest BCUT2D eigenvalue weighted by Gasteiger charge is 1.99. The molecule has 0 amide bonds. The van der Waals surface area contributed by atoms with Crippen molar-refractivity contribution >= 4 is 10.9 Å². The molecule has 1 N–H and O–H groups in total. The molecule has 0 unspecified atom stereocenters. The topological polar surface area (TPSA) is 45.8 Å². The Morgan fingerprint density at radius 3 is 3.17 bits per heavy atom. The van der Waals surface area contributed by atoms with Gasteiger partial charge in [-0.15, -0.1) is 0 Å². The fourth-order valence-corrected chi connectivity index (χ4v) is 1.04. The Morgan fingerprint density at radius 2 is 2.33 bits per heavy atom. The van der Waals surface area contributed by atoms with Crippen LogP contribution >= 0.6 is 0 Å². The number of H-pyrrole nitrogens is 1. The van der Waals surface area contributed by atoms with Gasteiger partial charge in [-0.1, -0.05) is 0 Å². The highest BCUT2D eigenvalue weighted by atomic mass is 19.1. The molecule has 2 aromatic heterocycles. The van der Waals surface area contributed by atoms with Crippen LogP contribution in [0.15, 0.2) is 29.3 Å². The van der Waals surface area contributed by atoms with Crippen LogP contribution in [0.25, 0.3) is 10.9 Å². The molecule has 0 aliphatic rings. The van der Waals surface area contributed by atoms with Crippen molar-refractivity contribution in [2.24, 2.45) is 0 Å². The normalized spacial score (nSPS) is 10.4. The van der Waals surface area contributed by atoms with Gasteiger partial charge < -0.3 is 4.98 Å². The fraction of sp³-hybridized carbons (Fsp3) is 0. The number of halogens is 1. The van der Waals surface area contributed by atoms with Crippen molar-refractivity contribution in [2.45, 2.75) is 0 Å². The minimum absolute atomic E-state index is 0.275. The molecule has 0 fully saturated rings. The van der Waals surface area contributed by atoms with E-state index in [9.17, 15) is 9.18 Å². The number of hydrogen-bond donors (Lipinski definition) is 1. The van der Waals surface area contributed by atoms with Crippen LogP contribution in [0.2, 0.25) is 0 Å². The zero-order valence-corrected chi connectivity index (χ0v) is 6.04. The number of aromatic amines is 1. The second-order valence-corrected chi connectivity index (χ2v) is 2.39. The van der Waals surface area contributed by atoms with Gasteiger partial charge in [-0.2, -0.15) is 0 Å². The second-order valence-electron chi connectivity index (χ2n) is 2.39. The molecule has 12 heavy (non-hydrogen) atoms. The molecule has 60 valence electrons. The third-order valence-corrected chi connectivity index (χ3v) is 1.59. The van der Waals surface area contributed by atoms with E-state index in [-0.39, 0.29) is 10.9 Å². The van der Waals surface area contributed by atoms with E-state index in [4.69, 9.17) is 0 Å². The molecule has 2 aromatic rings. The Labute approximate surface area is 66.9 Å². The zero-order chi connectivity index (χ0) is 8.55. The molecule has 0 saturated heterocycles. The van der Waals surface area contributed by atoms with Gasteiger partial charge in [0, 0.05) is 6.20 Å². The number of rotatable bonds is 0. The molecule has 4 heteroatoms. The van der Waals surface area contributed by atoms with Crippen LogP contribution in [0.3, 0.4) is 0 Å². The van der Waals surface area contributed by atoms with Gasteiger partial charge in [0.2, 0.25) is 0 Å². The number of aromatic nitrogens is 2. The highest BCUT2D eigenvalue weighted by Crippen LogP contribution is 2.05. The predicted molar refractivity (Wildman–Crippen MR) is 42.3 cm³/mol. The molecule has 0 aliphatic carbocycles. The molecule has 2 rings (SSSR count). The average Bonchev–Trinajstić information content (AvgIpc) is 2.07. The van der Waals surface area contributed by atoms with Crippen LogP contribution < -0.4 is 5.56 Å². The van der Waals surface area contributed by atoms with Crippen LogP contribution in [0.1, 0.15) is 0 Å². The van der Waals surface area contributed by atoms with Crippen molar-refractivity contribution in [2.75, 3.05) is 0 Å². The number of fused-ring (bicyclic) bond motifs is 1. The van der Waals surface area contributed by atoms with Crippen molar-refractivity contribution in [1.82, 2.24) is 9.97 Å². The van der Waals surface area contributed by atoms with E-state index in [0.29, 0.717) is 5.52 Å². The lowest BCUT2D eigenvalue weighted by Crippen LogP contribution is -2.05. The second kappa shape index (κ2) is 2.41. The number of hydrogen-bond acceptors (Lipinski definition) is 2. The molecule has 0 aliphatic heterocycles. The summed E-state index contributed by atoms with van der Waals surface area (Å²) in [5, 5.41) is 0.275. The fourth-order valence-electron chi connectivity index (χ4n) is 1.04. The van der Waals surface area contributed by atoms with Gasteiger partial charge in [-0.05, 0) is 12.1 Å². The molecule has 0 aromatic carbocycles. The van der Waals surface area contributed by atoms with Crippen LogP contribution in [-0.2, 0) is 0 Å². The van der Waals surface area contributed by atoms with Gasteiger partial charge in [0.05, 0.1) is 17.1 Å². The Hall–Kier alpha value is -1.71. The van der Waals surface area contributed by atoms with Gasteiger partial charge in [-0.3, -0.25) is 9.78 Å². The first-order valence-corrected chi connectivity index (χ1v) is 3.40. The van der Waals surface area contributed by atoms with E-state index in [1.807, 2.05) is 0 Å². The quantitative estimate of drug-likeness (QED) is 0.632. The first kappa shape index (κ1) is 6.97. The predicted octanol–water partition coefficient (Wildman–Crippen LogP) is 1.06. The van der Waals surface area contributed by atoms with Crippen molar-refractivity contribution in [3.05, 3.63) is 40.7 Å². The van der Waals surface area contributed by atoms with Gasteiger partial charge >= 0.3 is 0 Å². The van der Waals surface area contributed by atoms with E-state index < -0.39 is 5.82 Å². The van der Waals surface area contributed by atoms with Crippen molar-refractivity contribution in [1.29, 1.82) is 0 Å². The van der Waals surface area contributed by atoms with Crippen LogP contribution in [-0.4, -0.2) is 9.97 Å². The Morgan fingerprint density at radius 1 is 1.50 bits per heavy atom. The van der Waals surface area contributed by atoms with Gasteiger partial charge in [0.1, 0.15) is 5.82 Å². The maximum absolute atomic E-state index is 12.6. The first-order chi connectivity index (χ1) is 5.77. The SMILES string of the molecule is O=c1[nH]ccc2ncc(F)cc12. The molecule has 0 atom stereocenters. The smallest absolute Gasteiger partial charge is 0.257 e. The molecule has 0 bridgehead atoms. The number of nitrogens with one attached hydrogen (secondary N) is 1. The lowest BCUT2D eigenvalue weighted by molar-refractivity contribution is 0.624. The summed E-state index contributed by atoms with van der Waals surface area (Å²) in [6.07, 6.45) is 2.57. The Kier molecular flexibility index (Phi) is 1.40. The summed E-state index contributed by atoms with van der Waals surface area (Å²) < 4.78 is 12.6. The average molecular weight is 164 g/mol. The third-order valence-electron chi connectivity index (χ3n) is 1.59. The van der Waals surface area contributed by atoms with Gasteiger partial charge in [0.15, 0.2) is 0 Å². The summed E-state index contributed by atoms with van der Waals surface area (Å²) in [5.41, 5.74) is 0.180. The largest absolute Gasteiger partial charge is 0.328 e. The van der Waals surface area contributed by atoms with Crippen molar-refractivity contribution < 1.29 is 4.39 Å². The maximum atomic E-state index is 12.6. The van der Waals surface area contributed by atoms with Gasteiger partial charge in [-0.25, -0.2) is 4.39 Å². The van der Waals surface area contributed by atoms with Crippen LogP contribution in [0, 0.1) is 5.82 Å². The van der Waals surface area contributed by atoms with E-state index in [1.165, 1.54) is 12.3 Å². The number of pyridine rings is 2. The number of nitrogens with zero attached hydrogens (tertiary/aromatic N) is 1. The van der Waals surface area contributed by atoms with Gasteiger partial charge in [0.25, 0.3) is 5.56 Å². The van der Waals surface area contributed by atoms with E-state index in [2.05, 4.69) is 9.97 Å². The summed E-state index contributed by atoms with van der Waals surface area (Å²) in [5.74, 6) is -0.501.